The summed E-state index contributed by atoms with van der Waals surface area (Å²) >= 11 is 0. The van der Waals surface area contributed by atoms with Gasteiger partial charge in [0, 0.05) is 11.1 Å². The Hall–Kier alpha value is -0.680. The highest BCUT2D eigenvalue weighted by Crippen LogP contribution is 2.40. The van der Waals surface area contributed by atoms with Crippen LogP contribution in [0.4, 0.5) is 26.3 Å². The summed E-state index contributed by atoms with van der Waals surface area (Å²) in [5.74, 6) is 0. The molecule has 0 aliphatic heterocycles. The molecule has 0 saturated carbocycles. The molecule has 0 unspecified atom stereocenters. The zero-order valence-electron chi connectivity index (χ0n) is 9.10. The fourth-order valence-electron chi connectivity index (χ4n) is 1.43. The van der Waals surface area contributed by atoms with Crippen LogP contribution in [-0.4, -0.2) is 12.4 Å². The van der Waals surface area contributed by atoms with E-state index in [4.69, 9.17) is 0 Å². The zero-order chi connectivity index (χ0) is 13.0. The minimum Gasteiger partial charge on any atom is -0.166 e. The smallest absolute Gasteiger partial charge is 0.166 e. The van der Waals surface area contributed by atoms with Gasteiger partial charge in [0.25, 0.3) is 0 Å². The lowest BCUT2D eigenvalue weighted by atomic mass is 9.99. The minimum absolute atomic E-state index is 0.0398. The first kappa shape index (κ1) is 15.3. The molecule has 0 aliphatic rings. The maximum atomic E-state index is 12.5. The van der Waals surface area contributed by atoms with Gasteiger partial charge in [0.05, 0.1) is 0 Å². The third-order valence-corrected chi connectivity index (χ3v) is 2.05. The van der Waals surface area contributed by atoms with E-state index in [1.807, 2.05) is 0 Å². The molecule has 0 nitrogen and oxygen atoms in total. The van der Waals surface area contributed by atoms with Gasteiger partial charge in [0.1, 0.15) is 0 Å². The molecule has 0 aromatic rings. The molecular formula is C10H14F6. The Balaban J connectivity index is 5.45. The number of rotatable bonds is 4. The first-order valence-corrected chi connectivity index (χ1v) is 5.01. The highest BCUT2D eigenvalue weighted by molar-refractivity contribution is 5.23. The first-order chi connectivity index (χ1) is 7.14. The van der Waals surface area contributed by atoms with Gasteiger partial charge in [-0.15, -0.1) is 0 Å². The largest absolute Gasteiger partial charge is 0.412 e. The number of hydrogen-bond donors (Lipinski definition) is 0. The van der Waals surface area contributed by atoms with Gasteiger partial charge in [0.2, 0.25) is 0 Å². The molecule has 0 radical (unpaired) electrons. The SMILES string of the molecule is CCCC(=C(CCC)C(F)(F)F)C(F)(F)F. The summed E-state index contributed by atoms with van der Waals surface area (Å²) in [5.41, 5.74) is -2.85. The van der Waals surface area contributed by atoms with Crippen molar-refractivity contribution in [3.63, 3.8) is 0 Å². The monoisotopic (exact) mass is 248 g/mol. The van der Waals surface area contributed by atoms with Crippen LogP contribution in [0, 0.1) is 0 Å². The van der Waals surface area contributed by atoms with Gasteiger partial charge in [-0.25, -0.2) is 0 Å². The minimum atomic E-state index is -4.89. The lowest BCUT2D eigenvalue weighted by Gasteiger charge is -2.19. The average Bonchev–Trinajstić information content (AvgIpc) is 2.07. The summed E-state index contributed by atoms with van der Waals surface area (Å²) in [6, 6.07) is 0. The molecule has 0 bridgehead atoms. The van der Waals surface area contributed by atoms with Crippen LogP contribution in [-0.2, 0) is 0 Å². The number of halogens is 6. The van der Waals surface area contributed by atoms with Crippen LogP contribution in [0.2, 0.25) is 0 Å². The fourth-order valence-corrected chi connectivity index (χ4v) is 1.43. The summed E-state index contributed by atoms with van der Waals surface area (Å²) in [6.07, 6.45) is -10.9. The van der Waals surface area contributed by atoms with E-state index in [1.54, 1.807) is 0 Å². The average molecular weight is 248 g/mol. The summed E-state index contributed by atoms with van der Waals surface area (Å²) < 4.78 is 74.7. The van der Waals surface area contributed by atoms with Crippen LogP contribution in [0.25, 0.3) is 0 Å². The maximum absolute atomic E-state index is 12.5. The van der Waals surface area contributed by atoms with Gasteiger partial charge in [0.15, 0.2) is 0 Å². The van der Waals surface area contributed by atoms with Crippen LogP contribution in [0.5, 0.6) is 0 Å². The molecule has 0 aromatic heterocycles. The Bertz CT molecular complexity index is 219. The van der Waals surface area contributed by atoms with Crippen molar-refractivity contribution in [3.05, 3.63) is 11.1 Å². The Morgan fingerprint density at radius 2 is 0.938 bits per heavy atom. The molecule has 0 aliphatic carbocycles. The molecule has 16 heavy (non-hydrogen) atoms. The van der Waals surface area contributed by atoms with E-state index in [9.17, 15) is 26.3 Å². The van der Waals surface area contributed by atoms with E-state index in [0.717, 1.165) is 0 Å². The van der Waals surface area contributed by atoms with Crippen LogP contribution >= 0.6 is 0 Å². The molecule has 0 spiro atoms. The van der Waals surface area contributed by atoms with E-state index in [-0.39, 0.29) is 12.8 Å². The normalized spacial score (nSPS) is 15.0. The highest BCUT2D eigenvalue weighted by Gasteiger charge is 2.43. The second kappa shape index (κ2) is 5.59. The molecule has 0 atom stereocenters. The van der Waals surface area contributed by atoms with Crippen LogP contribution in [0.3, 0.4) is 0 Å². The molecule has 0 saturated heterocycles. The first-order valence-electron chi connectivity index (χ1n) is 5.01. The van der Waals surface area contributed by atoms with Gasteiger partial charge in [-0.05, 0) is 12.8 Å². The molecule has 0 amide bonds. The second-order valence-electron chi connectivity index (χ2n) is 3.45. The number of hydrogen-bond acceptors (Lipinski definition) is 0. The van der Waals surface area contributed by atoms with Crippen molar-refractivity contribution >= 4 is 0 Å². The fraction of sp³-hybridized carbons (Fsp3) is 0.800. The molecule has 0 fully saturated rings. The van der Waals surface area contributed by atoms with Crippen molar-refractivity contribution in [1.82, 2.24) is 0 Å². The lowest BCUT2D eigenvalue weighted by molar-refractivity contribution is -0.118. The molecule has 0 aromatic carbocycles. The summed E-state index contributed by atoms with van der Waals surface area (Å²) in [5, 5.41) is 0. The predicted molar refractivity (Wildman–Crippen MR) is 49.0 cm³/mol. The van der Waals surface area contributed by atoms with E-state index in [2.05, 4.69) is 0 Å². The maximum Gasteiger partial charge on any atom is 0.412 e. The third kappa shape index (κ3) is 4.45. The molecule has 0 rings (SSSR count). The van der Waals surface area contributed by atoms with Crippen molar-refractivity contribution < 1.29 is 26.3 Å². The van der Waals surface area contributed by atoms with Crippen molar-refractivity contribution in [2.24, 2.45) is 0 Å². The molecule has 96 valence electrons. The standard InChI is InChI=1S/C10H14F6/c1-3-5-7(9(11,12)13)8(6-4-2)10(14,15)16/h3-6H2,1-2H3. The van der Waals surface area contributed by atoms with Gasteiger partial charge >= 0.3 is 12.4 Å². The van der Waals surface area contributed by atoms with E-state index < -0.39 is 36.3 Å². The Kier molecular flexibility index (Phi) is 5.35. The Morgan fingerprint density at radius 3 is 1.06 bits per heavy atom. The van der Waals surface area contributed by atoms with Crippen LogP contribution in [0.1, 0.15) is 39.5 Å². The zero-order valence-corrected chi connectivity index (χ0v) is 9.10. The number of allylic oxidation sites excluding steroid dienone is 2. The lowest BCUT2D eigenvalue weighted by Crippen LogP contribution is -2.22. The van der Waals surface area contributed by atoms with Gasteiger partial charge in [-0.2, -0.15) is 26.3 Å². The topological polar surface area (TPSA) is 0 Å². The summed E-state index contributed by atoms with van der Waals surface area (Å²) in [7, 11) is 0. The van der Waals surface area contributed by atoms with Crippen molar-refractivity contribution in [1.29, 1.82) is 0 Å². The Morgan fingerprint density at radius 1 is 0.688 bits per heavy atom. The second-order valence-corrected chi connectivity index (χ2v) is 3.45. The van der Waals surface area contributed by atoms with Crippen LogP contribution in [0.15, 0.2) is 11.1 Å². The molecule has 0 heterocycles. The molecule has 6 heteroatoms. The van der Waals surface area contributed by atoms with Crippen LogP contribution < -0.4 is 0 Å². The summed E-state index contributed by atoms with van der Waals surface area (Å²) in [6.45, 7) is 2.84. The highest BCUT2D eigenvalue weighted by atomic mass is 19.4. The van der Waals surface area contributed by atoms with E-state index in [0.29, 0.717) is 0 Å². The Labute approximate surface area is 90.3 Å². The van der Waals surface area contributed by atoms with Crippen molar-refractivity contribution in [2.75, 3.05) is 0 Å². The summed E-state index contributed by atoms with van der Waals surface area (Å²) in [4.78, 5) is 0. The molecule has 0 N–H and O–H groups in total. The predicted octanol–water partition coefficient (Wildman–Crippen LogP) is 5.01. The van der Waals surface area contributed by atoms with Gasteiger partial charge < -0.3 is 0 Å². The van der Waals surface area contributed by atoms with E-state index in [1.165, 1.54) is 13.8 Å². The number of alkyl halides is 6. The van der Waals surface area contributed by atoms with Crippen molar-refractivity contribution in [3.8, 4) is 0 Å². The van der Waals surface area contributed by atoms with Gasteiger partial charge in [-0.3, -0.25) is 0 Å². The van der Waals surface area contributed by atoms with E-state index >= 15 is 0 Å². The van der Waals surface area contributed by atoms with Crippen molar-refractivity contribution in [2.45, 2.75) is 51.9 Å². The quantitative estimate of drug-likeness (QED) is 0.484. The third-order valence-electron chi connectivity index (χ3n) is 2.05. The molecular weight excluding hydrogens is 234 g/mol. The van der Waals surface area contributed by atoms with Gasteiger partial charge in [-0.1, -0.05) is 26.7 Å².